The van der Waals surface area contributed by atoms with Crippen molar-refractivity contribution in [2.24, 2.45) is 4.99 Å². The van der Waals surface area contributed by atoms with E-state index in [1.54, 1.807) is 18.3 Å². The van der Waals surface area contributed by atoms with Crippen LogP contribution in [0, 0.1) is 22.9 Å². The van der Waals surface area contributed by atoms with Gasteiger partial charge < -0.3 is 15.0 Å². The van der Waals surface area contributed by atoms with E-state index in [0.29, 0.717) is 21.8 Å². The third kappa shape index (κ3) is 4.68. The van der Waals surface area contributed by atoms with Crippen LogP contribution in [0.1, 0.15) is 40.9 Å². The molecule has 5 rings (SSSR count). The van der Waals surface area contributed by atoms with Crippen molar-refractivity contribution in [3.8, 4) is 12.4 Å². The molecule has 1 aliphatic heterocycles. The summed E-state index contributed by atoms with van der Waals surface area (Å²) in [7, 11) is 0. The Morgan fingerprint density at radius 3 is 2.62 bits per heavy atom. The van der Waals surface area contributed by atoms with Crippen LogP contribution >= 0.6 is 22.9 Å². The fourth-order valence-electron chi connectivity index (χ4n) is 4.36. The first-order chi connectivity index (χ1) is 16.5. The Kier molecular flexibility index (Phi) is 6.07. The predicted molar refractivity (Wildman–Crippen MR) is 130 cm³/mol. The molecule has 1 unspecified atom stereocenters. The number of thiophene rings is 1. The number of amidine groups is 1. The Morgan fingerprint density at radius 1 is 1.26 bits per heavy atom. The number of anilines is 1. The standard InChI is InChI=1S/C24H23ClN6O2S/c25-21-8-7-20(34-21)22(32)28-11-19-12-31(23(33-19)29-14-26)18-3-1-16(2-4-18)24(9-10-24)13-30(15-27)17-5-6-17/h1-4,7-8,17,19H,5-6,9-13H2,(H,28,32). The number of hydrogen-bond acceptors (Lipinski definition) is 7. The minimum absolute atomic E-state index is 0.0550. The Balaban J connectivity index is 1.24. The van der Waals surface area contributed by atoms with Gasteiger partial charge in [0.05, 0.1) is 22.3 Å². The van der Waals surface area contributed by atoms with Crippen molar-refractivity contribution < 1.29 is 9.53 Å². The molecule has 3 aliphatic rings. The zero-order valence-corrected chi connectivity index (χ0v) is 20.0. The van der Waals surface area contributed by atoms with Gasteiger partial charge in [-0.25, -0.2) is 0 Å². The summed E-state index contributed by atoms with van der Waals surface area (Å²) in [5.41, 5.74) is 2.15. The minimum atomic E-state index is -0.344. The highest BCUT2D eigenvalue weighted by atomic mass is 35.5. The first kappa shape index (κ1) is 22.5. The Morgan fingerprint density at radius 2 is 2.03 bits per heavy atom. The number of amides is 1. The van der Waals surface area contributed by atoms with Crippen LogP contribution in [0.5, 0.6) is 0 Å². The van der Waals surface area contributed by atoms with Crippen LogP contribution in [0.2, 0.25) is 4.34 Å². The number of carbonyl (C=O) groups excluding carboxylic acids is 1. The molecule has 10 heteroatoms. The van der Waals surface area contributed by atoms with Crippen molar-refractivity contribution in [1.29, 1.82) is 10.5 Å². The Labute approximate surface area is 207 Å². The average Bonchev–Trinajstić information content (AvgIpc) is 3.76. The van der Waals surface area contributed by atoms with Gasteiger partial charge in [0.15, 0.2) is 6.19 Å². The monoisotopic (exact) mass is 494 g/mol. The lowest BCUT2D eigenvalue weighted by Gasteiger charge is -2.24. The van der Waals surface area contributed by atoms with E-state index in [4.69, 9.17) is 21.6 Å². The van der Waals surface area contributed by atoms with Gasteiger partial charge in [0, 0.05) is 23.7 Å². The van der Waals surface area contributed by atoms with E-state index in [0.717, 1.165) is 37.9 Å². The fourth-order valence-corrected chi connectivity index (χ4v) is 5.31. The molecule has 0 spiro atoms. The molecule has 1 amide bonds. The van der Waals surface area contributed by atoms with Gasteiger partial charge in [0.1, 0.15) is 6.10 Å². The number of nitriles is 2. The van der Waals surface area contributed by atoms with E-state index in [1.807, 2.05) is 21.9 Å². The molecule has 0 radical (unpaired) electrons. The SMILES string of the molecule is N#CN=C1OC(CNC(=O)c2ccc(Cl)s2)CN1c1ccc(C2(CN(C#N)C3CC3)CC2)cc1. The van der Waals surface area contributed by atoms with Crippen molar-refractivity contribution >= 4 is 40.6 Å². The molecule has 2 aromatic rings. The molecule has 2 heterocycles. The van der Waals surface area contributed by atoms with Gasteiger partial charge in [-0.1, -0.05) is 23.7 Å². The summed E-state index contributed by atoms with van der Waals surface area (Å²) in [6.07, 6.45) is 8.22. The number of aliphatic imine (C=N–C) groups is 1. The minimum Gasteiger partial charge on any atom is -0.457 e. The third-order valence-electron chi connectivity index (χ3n) is 6.56. The highest BCUT2D eigenvalue weighted by Gasteiger charge is 2.47. The zero-order valence-electron chi connectivity index (χ0n) is 18.4. The highest BCUT2D eigenvalue weighted by Crippen LogP contribution is 2.50. The molecule has 1 aromatic carbocycles. The molecule has 1 atom stereocenters. The Bertz CT molecular complexity index is 1190. The molecule has 2 saturated carbocycles. The summed E-state index contributed by atoms with van der Waals surface area (Å²) in [4.78, 5) is 20.5. The average molecular weight is 495 g/mol. The van der Waals surface area contributed by atoms with Crippen molar-refractivity contribution in [1.82, 2.24) is 10.2 Å². The van der Waals surface area contributed by atoms with Crippen LogP contribution in [-0.2, 0) is 10.2 Å². The van der Waals surface area contributed by atoms with Gasteiger partial charge in [-0.2, -0.15) is 10.5 Å². The number of hydrogen-bond donors (Lipinski definition) is 1. The van der Waals surface area contributed by atoms with Crippen LogP contribution in [0.3, 0.4) is 0 Å². The lowest BCUT2D eigenvalue weighted by atomic mass is 9.95. The van der Waals surface area contributed by atoms with E-state index >= 15 is 0 Å². The zero-order chi connectivity index (χ0) is 23.7. The van der Waals surface area contributed by atoms with Crippen LogP contribution in [-0.4, -0.2) is 48.6 Å². The molecule has 8 nitrogen and oxygen atoms in total. The largest absolute Gasteiger partial charge is 0.457 e. The van der Waals surface area contributed by atoms with E-state index in [9.17, 15) is 10.1 Å². The number of rotatable bonds is 8. The maximum atomic E-state index is 12.3. The van der Waals surface area contributed by atoms with Crippen LogP contribution in [0.4, 0.5) is 5.69 Å². The molecule has 1 N–H and O–H groups in total. The molecule has 3 fully saturated rings. The van der Waals surface area contributed by atoms with E-state index in [-0.39, 0.29) is 30.0 Å². The number of benzene rings is 1. The molecule has 1 aromatic heterocycles. The topological polar surface area (TPSA) is 105 Å². The Hall–Kier alpha value is -3.27. The molecular weight excluding hydrogens is 472 g/mol. The smallest absolute Gasteiger partial charge is 0.307 e. The van der Waals surface area contributed by atoms with Gasteiger partial charge in [-0.05, 0) is 55.5 Å². The second kappa shape index (κ2) is 9.17. The molecule has 1 saturated heterocycles. The summed E-state index contributed by atoms with van der Waals surface area (Å²) in [6.45, 7) is 1.51. The highest BCUT2D eigenvalue weighted by molar-refractivity contribution is 7.18. The number of halogens is 1. The van der Waals surface area contributed by atoms with Gasteiger partial charge in [0.25, 0.3) is 5.91 Å². The van der Waals surface area contributed by atoms with E-state index in [1.165, 1.54) is 16.9 Å². The third-order valence-corrected chi connectivity index (χ3v) is 7.79. The number of nitrogens with zero attached hydrogens (tertiary/aromatic N) is 5. The second-order valence-corrected chi connectivity index (χ2v) is 10.7. The summed E-state index contributed by atoms with van der Waals surface area (Å²) in [5, 5.41) is 21.5. The van der Waals surface area contributed by atoms with Crippen LogP contribution < -0.4 is 10.2 Å². The second-order valence-electron chi connectivity index (χ2n) is 8.94. The normalized spacial score (nSPS) is 21.4. The van der Waals surface area contributed by atoms with Gasteiger partial charge in [-0.15, -0.1) is 16.3 Å². The molecular formula is C24H23ClN6O2S. The molecule has 2 aliphatic carbocycles. The maximum absolute atomic E-state index is 12.3. The summed E-state index contributed by atoms with van der Waals surface area (Å²) >= 11 is 7.13. The summed E-state index contributed by atoms with van der Waals surface area (Å²) in [6, 6.07) is 12.2. The lowest BCUT2D eigenvalue weighted by molar-refractivity contribution is 0.0937. The maximum Gasteiger partial charge on any atom is 0.307 e. The molecule has 34 heavy (non-hydrogen) atoms. The van der Waals surface area contributed by atoms with Crippen molar-refractivity contribution in [3.63, 3.8) is 0 Å². The van der Waals surface area contributed by atoms with E-state index in [2.05, 4.69) is 28.6 Å². The van der Waals surface area contributed by atoms with E-state index < -0.39 is 0 Å². The van der Waals surface area contributed by atoms with Crippen molar-refractivity contribution in [2.75, 3.05) is 24.5 Å². The lowest BCUT2D eigenvalue weighted by Crippen LogP contribution is -2.34. The van der Waals surface area contributed by atoms with Gasteiger partial charge >= 0.3 is 6.02 Å². The fraction of sp³-hybridized carbons (Fsp3) is 0.417. The van der Waals surface area contributed by atoms with Gasteiger partial charge in [-0.3, -0.25) is 9.69 Å². The first-order valence-corrected chi connectivity index (χ1v) is 12.4. The predicted octanol–water partition coefficient (Wildman–Crippen LogP) is 3.85. The van der Waals surface area contributed by atoms with Crippen molar-refractivity contribution in [3.05, 3.63) is 51.2 Å². The first-order valence-electron chi connectivity index (χ1n) is 11.2. The molecule has 0 bridgehead atoms. The summed E-state index contributed by atoms with van der Waals surface area (Å²) in [5.74, 6) is -0.214. The number of ether oxygens (including phenoxy) is 1. The van der Waals surface area contributed by atoms with Crippen LogP contribution in [0.15, 0.2) is 41.4 Å². The van der Waals surface area contributed by atoms with Crippen molar-refractivity contribution in [2.45, 2.75) is 43.2 Å². The van der Waals surface area contributed by atoms with Crippen LogP contribution in [0.25, 0.3) is 0 Å². The van der Waals surface area contributed by atoms with Gasteiger partial charge in [0.2, 0.25) is 6.19 Å². The number of carbonyl (C=O) groups is 1. The molecule has 174 valence electrons. The summed E-state index contributed by atoms with van der Waals surface area (Å²) < 4.78 is 6.40. The quantitative estimate of drug-likeness (QED) is 0.441. The number of nitrogens with one attached hydrogen (secondary N) is 1.